The average Bonchev–Trinajstić information content (AvgIpc) is 2.93. The minimum Gasteiger partial charge on any atom is -0.494 e. The second-order valence-electron chi connectivity index (χ2n) is 5.49. The molecular formula is C19H18ClNO2. The second-order valence-corrected chi connectivity index (χ2v) is 5.80. The van der Waals surface area contributed by atoms with Crippen LogP contribution in [0.5, 0.6) is 11.8 Å². The van der Waals surface area contributed by atoms with Crippen molar-refractivity contribution >= 4 is 11.6 Å². The van der Waals surface area contributed by atoms with Gasteiger partial charge in [-0.25, -0.2) is 0 Å². The van der Waals surface area contributed by atoms with Gasteiger partial charge in [0.2, 0.25) is 0 Å². The van der Waals surface area contributed by atoms with Crippen molar-refractivity contribution in [3.05, 3.63) is 72.3 Å². The highest BCUT2D eigenvalue weighted by atomic mass is 35.5. The van der Waals surface area contributed by atoms with E-state index in [0.29, 0.717) is 12.3 Å². The largest absolute Gasteiger partial charge is 0.494 e. The normalized spacial score (nSPS) is 12.2. The summed E-state index contributed by atoms with van der Waals surface area (Å²) in [6.07, 6.45) is 0.633. The minimum absolute atomic E-state index is 0.0223. The summed E-state index contributed by atoms with van der Waals surface area (Å²) < 4.78 is 1.46. The van der Waals surface area contributed by atoms with Gasteiger partial charge in [-0.2, -0.15) is 0 Å². The SMILES string of the molecule is Oc1ccc(O)n1C(CCl)Cc1ccc(-c2ccccc2)cc1. The fourth-order valence-corrected chi connectivity index (χ4v) is 3.00. The second kappa shape index (κ2) is 6.80. The van der Waals surface area contributed by atoms with E-state index < -0.39 is 0 Å². The molecule has 4 heteroatoms. The summed E-state index contributed by atoms with van der Waals surface area (Å²) in [4.78, 5) is 0. The fraction of sp³-hybridized carbons (Fsp3) is 0.158. The molecular weight excluding hydrogens is 310 g/mol. The third kappa shape index (κ3) is 3.35. The minimum atomic E-state index is -0.200. The lowest BCUT2D eigenvalue weighted by Gasteiger charge is -2.18. The Bertz CT molecular complexity index is 746. The van der Waals surface area contributed by atoms with Crippen LogP contribution >= 0.6 is 11.6 Å². The van der Waals surface area contributed by atoms with Gasteiger partial charge in [-0.15, -0.1) is 11.6 Å². The van der Waals surface area contributed by atoms with Crippen molar-refractivity contribution < 1.29 is 10.2 Å². The lowest BCUT2D eigenvalue weighted by molar-refractivity contribution is 0.342. The van der Waals surface area contributed by atoms with Crippen LogP contribution in [0, 0.1) is 0 Å². The molecule has 2 N–H and O–H groups in total. The molecule has 0 amide bonds. The van der Waals surface area contributed by atoms with Crippen LogP contribution in [0.3, 0.4) is 0 Å². The monoisotopic (exact) mass is 327 g/mol. The highest BCUT2D eigenvalue weighted by molar-refractivity contribution is 6.18. The molecule has 3 aromatic rings. The van der Waals surface area contributed by atoms with Crippen molar-refractivity contribution in [2.24, 2.45) is 0 Å². The summed E-state index contributed by atoms with van der Waals surface area (Å²) >= 11 is 6.04. The highest BCUT2D eigenvalue weighted by Gasteiger charge is 2.17. The molecule has 0 radical (unpaired) electrons. The van der Waals surface area contributed by atoms with Crippen LogP contribution in [0.2, 0.25) is 0 Å². The van der Waals surface area contributed by atoms with Gasteiger partial charge in [-0.05, 0) is 23.1 Å². The van der Waals surface area contributed by atoms with Crippen LogP contribution in [0.15, 0.2) is 66.7 Å². The van der Waals surface area contributed by atoms with Gasteiger partial charge in [-0.3, -0.25) is 4.57 Å². The van der Waals surface area contributed by atoms with Gasteiger partial charge in [0.1, 0.15) is 0 Å². The summed E-state index contributed by atoms with van der Waals surface area (Å²) in [6, 6.07) is 21.2. The molecule has 0 fully saturated rings. The van der Waals surface area contributed by atoms with E-state index in [9.17, 15) is 10.2 Å². The van der Waals surface area contributed by atoms with E-state index >= 15 is 0 Å². The van der Waals surface area contributed by atoms with E-state index in [1.54, 1.807) is 0 Å². The number of hydrogen-bond acceptors (Lipinski definition) is 2. The molecule has 118 valence electrons. The van der Waals surface area contributed by atoms with Crippen molar-refractivity contribution in [2.75, 3.05) is 5.88 Å². The zero-order chi connectivity index (χ0) is 16.2. The smallest absolute Gasteiger partial charge is 0.194 e. The van der Waals surface area contributed by atoms with Gasteiger partial charge in [0.25, 0.3) is 0 Å². The Morgan fingerprint density at radius 3 is 1.91 bits per heavy atom. The molecule has 3 rings (SSSR count). The third-order valence-corrected chi connectivity index (χ3v) is 4.31. The average molecular weight is 328 g/mol. The van der Waals surface area contributed by atoms with Crippen LogP contribution in [0.1, 0.15) is 11.6 Å². The van der Waals surface area contributed by atoms with Crippen molar-refractivity contribution in [3.8, 4) is 22.9 Å². The summed E-state index contributed by atoms with van der Waals surface area (Å²) in [6.45, 7) is 0. The van der Waals surface area contributed by atoms with Crippen molar-refractivity contribution in [1.29, 1.82) is 0 Å². The molecule has 0 saturated carbocycles. The van der Waals surface area contributed by atoms with Gasteiger partial charge >= 0.3 is 0 Å². The zero-order valence-electron chi connectivity index (χ0n) is 12.6. The van der Waals surface area contributed by atoms with Crippen LogP contribution < -0.4 is 0 Å². The molecule has 1 heterocycles. The highest BCUT2D eigenvalue weighted by Crippen LogP contribution is 2.30. The third-order valence-electron chi connectivity index (χ3n) is 3.95. The molecule has 1 atom stereocenters. The molecule has 3 nitrogen and oxygen atoms in total. The quantitative estimate of drug-likeness (QED) is 0.673. The fourth-order valence-electron chi connectivity index (χ4n) is 2.75. The Labute approximate surface area is 140 Å². The first-order valence-electron chi connectivity index (χ1n) is 7.48. The van der Waals surface area contributed by atoms with E-state index in [4.69, 9.17) is 11.6 Å². The number of rotatable bonds is 5. The van der Waals surface area contributed by atoms with E-state index in [1.807, 2.05) is 18.2 Å². The topological polar surface area (TPSA) is 45.4 Å². The first kappa shape index (κ1) is 15.5. The van der Waals surface area contributed by atoms with E-state index in [1.165, 1.54) is 22.3 Å². The number of alkyl halides is 1. The Hall–Kier alpha value is -2.39. The van der Waals surface area contributed by atoms with Crippen molar-refractivity contribution in [1.82, 2.24) is 4.57 Å². The molecule has 0 aliphatic carbocycles. The summed E-state index contributed by atoms with van der Waals surface area (Å²) in [7, 11) is 0. The van der Waals surface area contributed by atoms with Crippen molar-refractivity contribution in [2.45, 2.75) is 12.5 Å². The number of benzene rings is 2. The van der Waals surface area contributed by atoms with Gasteiger partial charge in [0.15, 0.2) is 11.8 Å². The lowest BCUT2D eigenvalue weighted by atomic mass is 10.0. The summed E-state index contributed by atoms with van der Waals surface area (Å²) in [5.74, 6) is 0.346. The van der Waals surface area contributed by atoms with Gasteiger partial charge < -0.3 is 10.2 Å². The molecule has 0 bridgehead atoms. The first-order chi connectivity index (χ1) is 11.2. The molecule has 1 unspecified atom stereocenters. The summed E-state index contributed by atoms with van der Waals surface area (Å²) in [5.41, 5.74) is 3.43. The van der Waals surface area contributed by atoms with Crippen LogP contribution in [-0.2, 0) is 6.42 Å². The van der Waals surface area contributed by atoms with E-state index in [2.05, 4.69) is 36.4 Å². The molecule has 23 heavy (non-hydrogen) atoms. The maximum atomic E-state index is 9.85. The number of aromatic hydroxyl groups is 2. The van der Waals surface area contributed by atoms with Crippen LogP contribution in [-0.4, -0.2) is 20.7 Å². The number of hydrogen-bond donors (Lipinski definition) is 2. The molecule has 0 saturated heterocycles. The van der Waals surface area contributed by atoms with Gasteiger partial charge in [-0.1, -0.05) is 54.6 Å². The number of halogens is 1. The predicted octanol–water partition coefficient (Wildman–Crippen LogP) is 4.59. The van der Waals surface area contributed by atoms with Crippen molar-refractivity contribution in [3.63, 3.8) is 0 Å². The molecule has 0 aliphatic heterocycles. The van der Waals surface area contributed by atoms with Gasteiger partial charge in [0, 0.05) is 18.0 Å². The van der Waals surface area contributed by atoms with Crippen LogP contribution in [0.4, 0.5) is 0 Å². The standard InChI is InChI=1S/C19H18ClNO2/c20-13-17(21-18(22)10-11-19(21)23)12-14-6-8-16(9-7-14)15-4-2-1-3-5-15/h1-11,17,22-23H,12-13H2. The number of aromatic nitrogens is 1. The zero-order valence-corrected chi connectivity index (χ0v) is 13.3. The maximum absolute atomic E-state index is 9.85. The molecule has 2 aromatic carbocycles. The molecule has 0 spiro atoms. The van der Waals surface area contributed by atoms with Gasteiger partial charge in [0.05, 0.1) is 6.04 Å². The maximum Gasteiger partial charge on any atom is 0.194 e. The Balaban J connectivity index is 1.80. The Morgan fingerprint density at radius 2 is 1.35 bits per heavy atom. The Morgan fingerprint density at radius 1 is 0.783 bits per heavy atom. The summed E-state index contributed by atoms with van der Waals surface area (Å²) in [5, 5.41) is 19.7. The van der Waals surface area contributed by atoms with E-state index in [-0.39, 0.29) is 17.8 Å². The lowest BCUT2D eigenvalue weighted by Crippen LogP contribution is -2.12. The van der Waals surface area contributed by atoms with Crippen LogP contribution in [0.25, 0.3) is 11.1 Å². The van der Waals surface area contributed by atoms with E-state index in [0.717, 1.165) is 11.1 Å². The molecule has 0 aliphatic rings. The predicted molar refractivity (Wildman–Crippen MR) is 93.1 cm³/mol. The number of nitrogens with zero attached hydrogens (tertiary/aromatic N) is 1. The first-order valence-corrected chi connectivity index (χ1v) is 8.02. The molecule has 1 aromatic heterocycles. The Kier molecular flexibility index (Phi) is 4.58.